The van der Waals surface area contributed by atoms with E-state index in [0.717, 1.165) is 0 Å². The fraction of sp³-hybridized carbons (Fsp3) is 0.421. The van der Waals surface area contributed by atoms with Gasteiger partial charge in [-0.25, -0.2) is 8.42 Å². The predicted octanol–water partition coefficient (Wildman–Crippen LogP) is 1.43. The highest BCUT2D eigenvalue weighted by atomic mass is 32.2. The molecule has 2 fully saturated rings. The van der Waals surface area contributed by atoms with Crippen LogP contribution in [0.2, 0.25) is 0 Å². The number of sulfone groups is 1. The molecule has 0 unspecified atom stereocenters. The monoisotopic (exact) mass is 841 g/mol. The first-order chi connectivity index (χ1) is 27.2. The molecular formula is C38H48N7O11PS. The zero-order chi connectivity index (χ0) is 42.7. The standard InChI is InChI=1S/C38H48N7O11PS/c1-21(2)44-16-15-26-8-13-32(36(49)42-29(12-14-33(39)46)34(47)40-19-23-5-9-27(10-6-23)58(55,56)22(3)4)45(26)37(50)31(20-44)43-35(48)30-18-25-17-24(7-11-28(25)41-30)38(51)57(52,53)54/h5-7,9-11,17-18,22,26,29,31-32,41H,1,8,12-16,19-20H2,2-4H3,(H2,39,46)(H,40,47)(H,42,49)(H,43,48)(H2,52,53,54)/t26-,29+,31+,32+/m1/s1. The first-order valence-corrected chi connectivity index (χ1v) is 21.8. The molecule has 5 rings (SSSR count). The smallest absolute Gasteiger partial charge is 0.373 e. The quantitative estimate of drug-likeness (QED) is 0.107. The highest BCUT2D eigenvalue weighted by Gasteiger charge is 2.45. The molecule has 3 heterocycles. The van der Waals surface area contributed by atoms with Crippen molar-refractivity contribution in [1.82, 2.24) is 30.7 Å². The van der Waals surface area contributed by atoms with Gasteiger partial charge in [-0.15, -0.1) is 0 Å². The third-order valence-corrected chi connectivity index (χ3v) is 13.3. The number of nitrogens with two attached hydrogens (primary N) is 1. The Morgan fingerprint density at radius 2 is 1.72 bits per heavy atom. The number of H-pyrrole nitrogens is 1. The van der Waals surface area contributed by atoms with Crippen molar-refractivity contribution in [2.45, 2.75) is 93.7 Å². The average Bonchev–Trinajstić information content (AvgIpc) is 3.79. The number of carbonyl (C=O) groups is 6. The van der Waals surface area contributed by atoms with E-state index in [2.05, 4.69) is 27.5 Å². The molecule has 8 N–H and O–H groups in total. The summed E-state index contributed by atoms with van der Waals surface area (Å²) < 4.78 is 36.5. The number of hydrogen-bond donors (Lipinski definition) is 7. The maximum absolute atomic E-state index is 14.4. The van der Waals surface area contributed by atoms with Crippen molar-refractivity contribution in [1.29, 1.82) is 0 Å². The summed E-state index contributed by atoms with van der Waals surface area (Å²) in [6, 6.07) is 7.45. The van der Waals surface area contributed by atoms with Crippen LogP contribution in [0.3, 0.4) is 0 Å². The number of amides is 5. The van der Waals surface area contributed by atoms with Crippen LogP contribution in [-0.4, -0.2) is 111 Å². The number of allylic oxidation sites excluding steroid dienone is 1. The SMILES string of the molecule is C=C(C)N1CC[C@H]2CC[C@@H](C(=O)N[C@@H](CCC(N)=O)C(=O)NCc3ccc(S(=O)(=O)C(C)C)cc3)N2C(=O)[C@@H](NC(=O)c2cc3cc(C(=O)P(=O)(O)O)ccc3[nH]2)C1. The number of primary amides is 1. The van der Waals surface area contributed by atoms with Crippen LogP contribution in [0.5, 0.6) is 0 Å². The van der Waals surface area contributed by atoms with Crippen LogP contribution in [-0.2, 0) is 40.1 Å². The minimum Gasteiger partial charge on any atom is -0.373 e. The van der Waals surface area contributed by atoms with Gasteiger partial charge in [0.1, 0.15) is 23.8 Å². The molecule has 58 heavy (non-hydrogen) atoms. The molecule has 18 nitrogen and oxygen atoms in total. The van der Waals surface area contributed by atoms with Crippen molar-refractivity contribution in [3.05, 3.63) is 77.6 Å². The Kier molecular flexibility index (Phi) is 13.3. The topological polar surface area (TPSA) is 278 Å². The second kappa shape index (κ2) is 17.6. The second-order valence-electron chi connectivity index (χ2n) is 14.8. The second-order valence-corrected chi connectivity index (χ2v) is 18.8. The molecule has 5 amide bonds. The Bertz CT molecular complexity index is 2290. The first kappa shape index (κ1) is 43.8. The summed E-state index contributed by atoms with van der Waals surface area (Å²) in [6.45, 7) is 9.41. The average molecular weight is 842 g/mol. The number of aromatic amines is 1. The van der Waals surface area contributed by atoms with Gasteiger partial charge in [-0.2, -0.15) is 0 Å². The van der Waals surface area contributed by atoms with E-state index >= 15 is 0 Å². The minimum absolute atomic E-state index is 0.000354. The van der Waals surface area contributed by atoms with Crippen molar-refractivity contribution in [2.24, 2.45) is 5.73 Å². The van der Waals surface area contributed by atoms with Crippen LogP contribution >= 0.6 is 7.60 Å². The molecule has 3 aromatic rings. The first-order valence-electron chi connectivity index (χ1n) is 18.6. The molecule has 0 saturated carbocycles. The van der Waals surface area contributed by atoms with Crippen LogP contribution in [0.25, 0.3) is 10.9 Å². The lowest BCUT2D eigenvalue weighted by Gasteiger charge is -2.39. The molecule has 4 atom stereocenters. The highest BCUT2D eigenvalue weighted by Crippen LogP contribution is 2.39. The van der Waals surface area contributed by atoms with E-state index in [9.17, 15) is 51.5 Å². The molecule has 2 saturated heterocycles. The lowest BCUT2D eigenvalue weighted by atomic mass is 10.1. The van der Waals surface area contributed by atoms with Gasteiger partial charge in [0.15, 0.2) is 9.84 Å². The molecular weight excluding hydrogens is 793 g/mol. The van der Waals surface area contributed by atoms with Gasteiger partial charge in [0, 0.05) is 54.3 Å². The van der Waals surface area contributed by atoms with E-state index in [1.165, 1.54) is 41.3 Å². The number of aromatic nitrogens is 1. The van der Waals surface area contributed by atoms with E-state index in [1.54, 1.807) is 32.9 Å². The zero-order valence-corrected chi connectivity index (χ0v) is 34.0. The molecule has 312 valence electrons. The van der Waals surface area contributed by atoms with Crippen molar-refractivity contribution < 1.29 is 51.5 Å². The number of nitrogens with zero attached hydrogens (tertiary/aromatic N) is 2. The largest absolute Gasteiger partial charge is 0.396 e. The van der Waals surface area contributed by atoms with Crippen LogP contribution < -0.4 is 21.7 Å². The number of fused-ring (bicyclic) bond motifs is 2. The van der Waals surface area contributed by atoms with Gasteiger partial charge in [-0.05, 0) is 88.4 Å². The summed E-state index contributed by atoms with van der Waals surface area (Å²) in [4.78, 5) is 104. The Labute approximate surface area is 335 Å². The van der Waals surface area contributed by atoms with Crippen molar-refractivity contribution in [3.63, 3.8) is 0 Å². The molecule has 0 spiro atoms. The summed E-state index contributed by atoms with van der Waals surface area (Å²) in [5, 5.41) is 7.88. The van der Waals surface area contributed by atoms with E-state index in [-0.39, 0.29) is 48.5 Å². The zero-order valence-electron chi connectivity index (χ0n) is 32.3. The maximum atomic E-state index is 14.4. The Morgan fingerprint density at radius 1 is 1.03 bits per heavy atom. The summed E-state index contributed by atoms with van der Waals surface area (Å²) >= 11 is 0. The fourth-order valence-corrected chi connectivity index (χ4v) is 8.62. The summed E-state index contributed by atoms with van der Waals surface area (Å²) in [6.07, 6.45) is 0.837. The lowest BCUT2D eigenvalue weighted by Crippen LogP contribution is -2.61. The Hall–Kier alpha value is -5.36. The molecule has 0 bridgehead atoms. The molecule has 0 aliphatic carbocycles. The van der Waals surface area contributed by atoms with Gasteiger partial charge >= 0.3 is 7.60 Å². The summed E-state index contributed by atoms with van der Waals surface area (Å²) in [5.41, 5.74) is 5.39. The Morgan fingerprint density at radius 3 is 2.34 bits per heavy atom. The molecule has 0 radical (unpaired) electrons. The van der Waals surface area contributed by atoms with Gasteiger partial charge in [-0.1, -0.05) is 18.7 Å². The van der Waals surface area contributed by atoms with E-state index < -0.39 is 81.9 Å². The van der Waals surface area contributed by atoms with Crippen molar-refractivity contribution in [3.8, 4) is 0 Å². The van der Waals surface area contributed by atoms with E-state index in [1.807, 2.05) is 4.90 Å². The van der Waals surface area contributed by atoms with Gasteiger partial charge in [0.25, 0.3) is 11.4 Å². The van der Waals surface area contributed by atoms with E-state index in [0.29, 0.717) is 41.5 Å². The Balaban J connectivity index is 1.32. The normalized spacial score (nSPS) is 19.2. The maximum Gasteiger partial charge on any atom is 0.396 e. The molecule has 2 aliphatic heterocycles. The van der Waals surface area contributed by atoms with Gasteiger partial charge in [-0.3, -0.25) is 33.3 Å². The molecule has 2 aliphatic rings. The van der Waals surface area contributed by atoms with Crippen molar-refractivity contribution in [2.75, 3.05) is 13.1 Å². The summed E-state index contributed by atoms with van der Waals surface area (Å²) in [7, 11) is -8.55. The van der Waals surface area contributed by atoms with Crippen LogP contribution in [0.1, 0.15) is 79.3 Å². The van der Waals surface area contributed by atoms with Gasteiger partial charge < -0.3 is 46.3 Å². The highest BCUT2D eigenvalue weighted by molar-refractivity contribution is 7.92. The van der Waals surface area contributed by atoms with Crippen LogP contribution in [0.15, 0.2) is 65.7 Å². The molecule has 2 aromatic carbocycles. The number of rotatable bonds is 15. The molecule has 20 heteroatoms. The van der Waals surface area contributed by atoms with Crippen LogP contribution in [0, 0.1) is 0 Å². The third-order valence-electron chi connectivity index (χ3n) is 10.4. The fourth-order valence-electron chi connectivity index (χ4n) is 7.08. The number of benzene rings is 2. The number of carbonyl (C=O) groups excluding carboxylic acids is 6. The van der Waals surface area contributed by atoms with Crippen LogP contribution in [0.4, 0.5) is 0 Å². The number of nitrogens with one attached hydrogen (secondary N) is 4. The van der Waals surface area contributed by atoms with Gasteiger partial charge in [0.2, 0.25) is 23.6 Å². The van der Waals surface area contributed by atoms with Gasteiger partial charge in [0.05, 0.1) is 10.1 Å². The number of hydrogen-bond acceptors (Lipinski definition) is 10. The third kappa shape index (κ3) is 10.0. The lowest BCUT2D eigenvalue weighted by molar-refractivity contribution is -0.143. The summed E-state index contributed by atoms with van der Waals surface area (Å²) in [5.74, 6) is -3.20. The van der Waals surface area contributed by atoms with Crippen molar-refractivity contribution >= 4 is 63.4 Å². The molecule has 1 aromatic heterocycles. The van der Waals surface area contributed by atoms with E-state index in [4.69, 9.17) is 5.73 Å². The minimum atomic E-state index is -5.05. The predicted molar refractivity (Wildman–Crippen MR) is 212 cm³/mol.